The average Bonchev–Trinajstić information content (AvgIpc) is 3.08. The third-order valence-electron chi connectivity index (χ3n) is 5.41. The van der Waals surface area contributed by atoms with Crippen LogP contribution in [0.2, 0.25) is 0 Å². The molecule has 0 saturated heterocycles. The molecule has 0 saturated carbocycles. The van der Waals surface area contributed by atoms with Gasteiger partial charge in [0.25, 0.3) is 0 Å². The number of carbonyl (C=O) groups excluding carboxylic acids is 1. The van der Waals surface area contributed by atoms with Gasteiger partial charge < -0.3 is 5.73 Å². The van der Waals surface area contributed by atoms with Crippen molar-refractivity contribution in [3.05, 3.63) is 67.7 Å². The number of benzene rings is 1. The number of nitrogens with zero attached hydrogens (tertiary/aromatic N) is 2. The van der Waals surface area contributed by atoms with E-state index in [2.05, 4.69) is 22.0 Å². The molecule has 8 heteroatoms. The van der Waals surface area contributed by atoms with Gasteiger partial charge in [0.2, 0.25) is 0 Å². The number of halogens is 2. The number of anilines is 1. The van der Waals surface area contributed by atoms with Crippen LogP contribution in [0.3, 0.4) is 0 Å². The first-order valence-electron chi connectivity index (χ1n) is 9.42. The Morgan fingerprint density at radius 1 is 1.37 bits per heavy atom. The highest BCUT2D eigenvalue weighted by Crippen LogP contribution is 2.49. The summed E-state index contributed by atoms with van der Waals surface area (Å²) in [5, 5.41) is 10.1. The first-order valence-corrected chi connectivity index (χ1v) is 12.3. The van der Waals surface area contributed by atoms with Gasteiger partial charge in [0.15, 0.2) is 5.78 Å². The normalized spacial score (nSPS) is 19.2. The lowest BCUT2D eigenvalue weighted by atomic mass is 9.76. The van der Waals surface area contributed by atoms with Gasteiger partial charge in [-0.3, -0.25) is 9.69 Å². The van der Waals surface area contributed by atoms with Gasteiger partial charge in [-0.2, -0.15) is 5.26 Å². The van der Waals surface area contributed by atoms with E-state index in [1.807, 2.05) is 19.2 Å². The van der Waals surface area contributed by atoms with E-state index >= 15 is 0 Å². The maximum Gasteiger partial charge on any atom is 0.161 e. The molecule has 4 nitrogen and oxygen atoms in total. The fourth-order valence-corrected chi connectivity index (χ4v) is 6.45. The molecule has 2 heterocycles. The molecule has 30 heavy (non-hydrogen) atoms. The molecule has 2 N–H and O–H groups in total. The van der Waals surface area contributed by atoms with Crippen LogP contribution in [0.5, 0.6) is 0 Å². The summed E-state index contributed by atoms with van der Waals surface area (Å²) in [7, 11) is 0. The molecular weight excluding hydrogens is 485 g/mol. The van der Waals surface area contributed by atoms with Crippen LogP contribution in [-0.4, -0.2) is 12.0 Å². The van der Waals surface area contributed by atoms with Gasteiger partial charge in [0.05, 0.1) is 27.5 Å². The van der Waals surface area contributed by atoms with Gasteiger partial charge in [0, 0.05) is 27.0 Å². The molecule has 2 aromatic rings. The van der Waals surface area contributed by atoms with Gasteiger partial charge in [-0.05, 0) is 55.9 Å². The first kappa shape index (κ1) is 21.2. The molecule has 1 aliphatic heterocycles. The average molecular weight is 504 g/mol. The van der Waals surface area contributed by atoms with E-state index < -0.39 is 11.7 Å². The van der Waals surface area contributed by atoms with E-state index in [0.717, 1.165) is 14.6 Å². The smallest absolute Gasteiger partial charge is 0.161 e. The van der Waals surface area contributed by atoms with Crippen LogP contribution in [0.4, 0.5) is 10.1 Å². The summed E-state index contributed by atoms with van der Waals surface area (Å²) in [4.78, 5) is 15.8. The summed E-state index contributed by atoms with van der Waals surface area (Å²) in [5.41, 5.74) is 9.25. The van der Waals surface area contributed by atoms with Crippen molar-refractivity contribution in [1.29, 1.82) is 5.26 Å². The Kier molecular flexibility index (Phi) is 5.80. The highest BCUT2D eigenvalue weighted by Gasteiger charge is 2.42. The van der Waals surface area contributed by atoms with Gasteiger partial charge >= 0.3 is 0 Å². The molecule has 1 aromatic heterocycles. The number of hydrogen-bond acceptors (Lipinski definition) is 6. The number of aryl methyl sites for hydroxylation is 1. The molecule has 0 fully saturated rings. The summed E-state index contributed by atoms with van der Waals surface area (Å²) in [6.45, 7) is 2.01. The van der Waals surface area contributed by atoms with Gasteiger partial charge in [-0.25, -0.2) is 4.39 Å². The molecule has 0 bridgehead atoms. The zero-order valence-electron chi connectivity index (χ0n) is 16.5. The minimum absolute atomic E-state index is 0.0000686. The van der Waals surface area contributed by atoms with Crippen molar-refractivity contribution in [2.45, 2.75) is 36.3 Å². The van der Waals surface area contributed by atoms with Crippen LogP contribution in [-0.2, 0) is 4.79 Å². The summed E-state index contributed by atoms with van der Waals surface area (Å²) in [6, 6.07) is 8.98. The number of Topliss-reactive ketones (excluding diaryl/α,β-unsaturated/α-hetero) is 1. The van der Waals surface area contributed by atoms with Crippen molar-refractivity contribution in [3.8, 4) is 6.07 Å². The van der Waals surface area contributed by atoms with Crippen LogP contribution in [0.1, 0.15) is 35.6 Å². The molecule has 1 atom stereocenters. The predicted octanol–water partition coefficient (Wildman–Crippen LogP) is 5.98. The van der Waals surface area contributed by atoms with E-state index in [4.69, 9.17) is 5.73 Å². The van der Waals surface area contributed by atoms with E-state index in [9.17, 15) is 14.4 Å². The van der Waals surface area contributed by atoms with Crippen LogP contribution < -0.4 is 10.6 Å². The van der Waals surface area contributed by atoms with Crippen molar-refractivity contribution in [3.63, 3.8) is 0 Å². The summed E-state index contributed by atoms with van der Waals surface area (Å²) in [5.74, 6) is -0.794. The van der Waals surface area contributed by atoms with Crippen LogP contribution >= 0.6 is 39.0 Å². The number of hydrogen-bond donors (Lipinski definition) is 1. The molecule has 0 spiro atoms. The number of nitrogens with two attached hydrogens (primary N) is 1. The summed E-state index contributed by atoms with van der Waals surface area (Å²) in [6.07, 6.45) is 3.68. The second-order valence-electron chi connectivity index (χ2n) is 7.22. The standard InChI is InChI=1S/C22H19BrFN3OS2/c1-11-8-13(22(29-2)30-11)19-14(10-25)21(26)27(16-7-6-12(23)9-15(16)24)17-4-3-5-18(28)20(17)19/h6-9,19H,3-5,26H2,1-2H3/t19-/m0/s1. The minimum Gasteiger partial charge on any atom is -0.384 e. The number of thioether (sulfide) groups is 1. The molecule has 4 rings (SSSR count). The van der Waals surface area contributed by atoms with E-state index in [1.165, 1.54) is 6.07 Å². The SMILES string of the molecule is CSc1sc(C)cc1[C@H]1C(C#N)=C(N)N(c2ccc(Br)cc2F)C2=C1C(=O)CCC2. The molecule has 1 aromatic carbocycles. The number of nitriles is 1. The van der Waals surface area contributed by atoms with Crippen LogP contribution in [0, 0.1) is 24.1 Å². The summed E-state index contributed by atoms with van der Waals surface area (Å²) < 4.78 is 16.6. The lowest BCUT2D eigenvalue weighted by molar-refractivity contribution is -0.116. The van der Waals surface area contributed by atoms with Crippen LogP contribution in [0.25, 0.3) is 0 Å². The zero-order valence-corrected chi connectivity index (χ0v) is 19.7. The molecule has 154 valence electrons. The number of allylic oxidation sites excluding steroid dienone is 3. The molecule has 1 aliphatic carbocycles. The predicted molar refractivity (Wildman–Crippen MR) is 123 cm³/mol. The fraction of sp³-hybridized carbons (Fsp3) is 0.273. The second-order valence-corrected chi connectivity index (χ2v) is 10.5. The van der Waals surface area contributed by atoms with Gasteiger partial charge in [-0.15, -0.1) is 23.1 Å². The van der Waals surface area contributed by atoms with E-state index in [0.29, 0.717) is 40.6 Å². The number of ketones is 1. The number of thiophene rings is 1. The van der Waals surface area contributed by atoms with E-state index in [1.54, 1.807) is 40.1 Å². The highest BCUT2D eigenvalue weighted by molar-refractivity contribution is 9.10. The summed E-state index contributed by atoms with van der Waals surface area (Å²) >= 11 is 6.52. The maximum absolute atomic E-state index is 14.9. The van der Waals surface area contributed by atoms with Crippen LogP contribution in [0.15, 0.2) is 55.6 Å². The fourth-order valence-electron chi connectivity index (χ4n) is 4.21. The first-order chi connectivity index (χ1) is 14.4. The zero-order chi connectivity index (χ0) is 21.6. The van der Waals surface area contributed by atoms with E-state index in [-0.39, 0.29) is 17.3 Å². The van der Waals surface area contributed by atoms with Gasteiger partial charge in [0.1, 0.15) is 11.6 Å². The lowest BCUT2D eigenvalue weighted by Crippen LogP contribution is -2.39. The molecular formula is C22H19BrFN3OS2. The Hall–Kier alpha value is -2.08. The van der Waals surface area contributed by atoms with Crippen molar-refractivity contribution in [2.75, 3.05) is 11.2 Å². The largest absolute Gasteiger partial charge is 0.384 e. The topological polar surface area (TPSA) is 70.1 Å². The molecule has 0 amide bonds. The lowest BCUT2D eigenvalue weighted by Gasteiger charge is -2.39. The Morgan fingerprint density at radius 3 is 2.80 bits per heavy atom. The Bertz CT molecular complexity index is 1160. The quantitative estimate of drug-likeness (QED) is 0.521. The molecule has 0 unspecified atom stereocenters. The van der Waals surface area contributed by atoms with Crippen molar-refractivity contribution >= 4 is 50.5 Å². The number of rotatable bonds is 3. The second kappa shape index (κ2) is 8.22. The third-order valence-corrected chi connectivity index (χ3v) is 8.12. The van der Waals surface area contributed by atoms with Crippen molar-refractivity contribution in [1.82, 2.24) is 0 Å². The Labute approximate surface area is 191 Å². The maximum atomic E-state index is 14.9. The monoisotopic (exact) mass is 503 g/mol. The third kappa shape index (κ3) is 3.39. The minimum atomic E-state index is -0.514. The molecule has 2 aliphatic rings. The number of carbonyl (C=O) groups is 1. The van der Waals surface area contributed by atoms with Crippen molar-refractivity contribution < 1.29 is 9.18 Å². The Balaban J connectivity index is 2.01. The molecule has 0 radical (unpaired) electrons. The Morgan fingerprint density at radius 2 is 2.13 bits per heavy atom. The van der Waals surface area contributed by atoms with Crippen molar-refractivity contribution in [2.24, 2.45) is 5.73 Å². The highest BCUT2D eigenvalue weighted by atomic mass is 79.9. The van der Waals surface area contributed by atoms with Gasteiger partial charge in [-0.1, -0.05) is 15.9 Å².